The molecule has 0 aromatic heterocycles. The molecule has 0 fully saturated rings. The van der Waals surface area contributed by atoms with E-state index in [1.165, 1.54) is 36.8 Å². The fourth-order valence-corrected chi connectivity index (χ4v) is 1.63. The van der Waals surface area contributed by atoms with Crippen molar-refractivity contribution in [2.24, 2.45) is 0 Å². The zero-order valence-corrected chi connectivity index (χ0v) is 7.04. The van der Waals surface area contributed by atoms with Gasteiger partial charge in [-0.2, -0.15) is 0 Å². The molecule has 0 nitrogen and oxygen atoms in total. The first-order chi connectivity index (χ1) is 4.72. The molecule has 0 aromatic rings. The predicted octanol–water partition coefficient (Wildman–Crippen LogP) is 3.45. The zero-order valence-electron chi connectivity index (χ0n) is 7.04. The first kappa shape index (κ1) is 7.59. The van der Waals surface area contributed by atoms with Crippen LogP contribution >= 0.6 is 0 Å². The van der Waals surface area contributed by atoms with Crippen LogP contribution in [0.4, 0.5) is 0 Å². The Kier molecular flexibility index (Phi) is 2.31. The van der Waals surface area contributed by atoms with Crippen molar-refractivity contribution in [1.82, 2.24) is 0 Å². The van der Waals surface area contributed by atoms with E-state index in [1.807, 2.05) is 0 Å². The third-order valence-electron chi connectivity index (χ3n) is 2.26. The van der Waals surface area contributed by atoms with Crippen molar-refractivity contribution in [1.29, 1.82) is 0 Å². The molecule has 0 bridgehead atoms. The Labute approximate surface area is 63.6 Å². The van der Waals surface area contributed by atoms with Gasteiger partial charge in [-0.1, -0.05) is 17.7 Å². The largest absolute Gasteiger partial charge is 0.0958 e. The first-order valence-corrected chi connectivity index (χ1v) is 4.06. The topological polar surface area (TPSA) is 0 Å². The van der Waals surface area contributed by atoms with Gasteiger partial charge in [-0.05, 0) is 45.1 Å². The summed E-state index contributed by atoms with van der Waals surface area (Å²) in [5.74, 6) is 0. The van der Waals surface area contributed by atoms with Gasteiger partial charge in [-0.3, -0.25) is 0 Å². The molecule has 0 spiro atoms. The van der Waals surface area contributed by atoms with E-state index in [4.69, 9.17) is 0 Å². The Morgan fingerprint density at radius 3 is 2.30 bits per heavy atom. The SMILES string of the molecule is C=C(C)C1=C(C)CCCC1. The molecular weight excluding hydrogens is 120 g/mol. The van der Waals surface area contributed by atoms with Crippen LogP contribution in [0.3, 0.4) is 0 Å². The minimum Gasteiger partial charge on any atom is -0.0958 e. The maximum absolute atomic E-state index is 3.97. The quantitative estimate of drug-likeness (QED) is 0.518. The standard InChI is InChI=1S/C10H16/c1-8(2)10-7-5-4-6-9(10)3/h1,4-7H2,2-3H3. The lowest BCUT2D eigenvalue weighted by molar-refractivity contribution is 0.677. The Balaban J connectivity index is 2.78. The average Bonchev–Trinajstić information content (AvgIpc) is 1.88. The lowest BCUT2D eigenvalue weighted by Crippen LogP contribution is -1.97. The maximum Gasteiger partial charge on any atom is -0.0277 e. The molecule has 0 amide bonds. The van der Waals surface area contributed by atoms with Gasteiger partial charge in [-0.25, -0.2) is 0 Å². The molecular formula is C10H16. The highest BCUT2D eigenvalue weighted by Gasteiger charge is 2.08. The Morgan fingerprint density at radius 1 is 1.30 bits per heavy atom. The second-order valence-corrected chi connectivity index (χ2v) is 3.25. The van der Waals surface area contributed by atoms with Crippen LogP contribution < -0.4 is 0 Å². The molecule has 0 N–H and O–H groups in total. The van der Waals surface area contributed by atoms with Crippen molar-refractivity contribution in [3.63, 3.8) is 0 Å². The van der Waals surface area contributed by atoms with Crippen LogP contribution in [0, 0.1) is 0 Å². The highest BCUT2D eigenvalue weighted by Crippen LogP contribution is 2.28. The molecule has 56 valence electrons. The smallest absolute Gasteiger partial charge is 0.0277 e. The van der Waals surface area contributed by atoms with Gasteiger partial charge in [0.05, 0.1) is 0 Å². The van der Waals surface area contributed by atoms with E-state index in [-0.39, 0.29) is 0 Å². The molecule has 0 saturated carbocycles. The summed E-state index contributed by atoms with van der Waals surface area (Å²) in [5.41, 5.74) is 4.38. The normalized spacial score (nSPS) is 19.4. The van der Waals surface area contributed by atoms with Gasteiger partial charge in [0.1, 0.15) is 0 Å². The van der Waals surface area contributed by atoms with Crippen LogP contribution in [0.15, 0.2) is 23.3 Å². The summed E-state index contributed by atoms with van der Waals surface area (Å²) in [6.45, 7) is 8.33. The van der Waals surface area contributed by atoms with Gasteiger partial charge in [0, 0.05) is 0 Å². The van der Waals surface area contributed by atoms with E-state index in [9.17, 15) is 0 Å². The van der Waals surface area contributed by atoms with E-state index in [1.54, 1.807) is 5.57 Å². The van der Waals surface area contributed by atoms with E-state index >= 15 is 0 Å². The van der Waals surface area contributed by atoms with Gasteiger partial charge in [0.25, 0.3) is 0 Å². The van der Waals surface area contributed by atoms with Gasteiger partial charge < -0.3 is 0 Å². The van der Waals surface area contributed by atoms with E-state index in [0.29, 0.717) is 0 Å². The third kappa shape index (κ3) is 1.50. The minimum atomic E-state index is 1.27. The summed E-state index contributed by atoms with van der Waals surface area (Å²) in [6.07, 6.45) is 5.30. The summed E-state index contributed by atoms with van der Waals surface area (Å²) >= 11 is 0. The zero-order chi connectivity index (χ0) is 7.56. The van der Waals surface area contributed by atoms with Crippen molar-refractivity contribution < 1.29 is 0 Å². The van der Waals surface area contributed by atoms with Crippen molar-refractivity contribution >= 4 is 0 Å². The van der Waals surface area contributed by atoms with Crippen LogP contribution in [0.2, 0.25) is 0 Å². The van der Waals surface area contributed by atoms with Crippen molar-refractivity contribution in [3.8, 4) is 0 Å². The maximum atomic E-state index is 3.97. The lowest BCUT2D eigenvalue weighted by atomic mass is 9.89. The van der Waals surface area contributed by atoms with Gasteiger partial charge in [-0.15, -0.1) is 0 Å². The molecule has 0 heteroatoms. The molecule has 1 rings (SSSR count). The Bertz CT molecular complexity index is 172. The fourth-order valence-electron chi connectivity index (χ4n) is 1.63. The number of rotatable bonds is 1. The Morgan fingerprint density at radius 2 is 1.90 bits per heavy atom. The highest BCUT2D eigenvalue weighted by atomic mass is 14.1. The first-order valence-electron chi connectivity index (χ1n) is 4.06. The molecule has 1 aliphatic rings. The molecule has 0 radical (unpaired) electrons. The monoisotopic (exact) mass is 136 g/mol. The molecule has 10 heavy (non-hydrogen) atoms. The van der Waals surface area contributed by atoms with Crippen LogP contribution in [0.5, 0.6) is 0 Å². The van der Waals surface area contributed by atoms with E-state index < -0.39 is 0 Å². The summed E-state index contributed by atoms with van der Waals surface area (Å²) < 4.78 is 0. The van der Waals surface area contributed by atoms with E-state index in [0.717, 1.165) is 0 Å². The molecule has 0 aliphatic heterocycles. The van der Waals surface area contributed by atoms with Gasteiger partial charge >= 0.3 is 0 Å². The van der Waals surface area contributed by atoms with E-state index in [2.05, 4.69) is 20.4 Å². The second-order valence-electron chi connectivity index (χ2n) is 3.25. The molecule has 1 aliphatic carbocycles. The molecule has 0 saturated heterocycles. The van der Waals surface area contributed by atoms with Crippen LogP contribution in [-0.2, 0) is 0 Å². The lowest BCUT2D eigenvalue weighted by Gasteiger charge is -2.17. The third-order valence-corrected chi connectivity index (χ3v) is 2.26. The van der Waals surface area contributed by atoms with Crippen LogP contribution in [-0.4, -0.2) is 0 Å². The summed E-state index contributed by atoms with van der Waals surface area (Å²) in [6, 6.07) is 0. The van der Waals surface area contributed by atoms with Crippen LogP contribution in [0.1, 0.15) is 39.5 Å². The average molecular weight is 136 g/mol. The molecule has 0 unspecified atom stereocenters. The molecule has 0 heterocycles. The van der Waals surface area contributed by atoms with Crippen molar-refractivity contribution in [2.45, 2.75) is 39.5 Å². The fraction of sp³-hybridized carbons (Fsp3) is 0.600. The summed E-state index contributed by atoms with van der Waals surface area (Å²) in [7, 11) is 0. The van der Waals surface area contributed by atoms with Gasteiger partial charge in [0.15, 0.2) is 0 Å². The molecule has 0 atom stereocenters. The predicted molar refractivity (Wildman–Crippen MR) is 46.0 cm³/mol. The summed E-state index contributed by atoms with van der Waals surface area (Å²) in [5, 5.41) is 0. The second kappa shape index (κ2) is 3.05. The van der Waals surface area contributed by atoms with Gasteiger partial charge in [0.2, 0.25) is 0 Å². The van der Waals surface area contributed by atoms with Crippen LogP contribution in [0.25, 0.3) is 0 Å². The van der Waals surface area contributed by atoms with Crippen molar-refractivity contribution in [3.05, 3.63) is 23.3 Å². The van der Waals surface area contributed by atoms with Crippen molar-refractivity contribution in [2.75, 3.05) is 0 Å². The minimum absolute atomic E-state index is 1.27. The Hall–Kier alpha value is -0.520. The molecule has 0 aromatic carbocycles. The number of hydrogen-bond acceptors (Lipinski definition) is 0. The number of hydrogen-bond donors (Lipinski definition) is 0. The number of allylic oxidation sites excluding steroid dienone is 3. The summed E-state index contributed by atoms with van der Waals surface area (Å²) in [4.78, 5) is 0. The highest BCUT2D eigenvalue weighted by molar-refractivity contribution is 5.32.